The van der Waals surface area contributed by atoms with Crippen molar-refractivity contribution >= 4 is 68.0 Å². The van der Waals surface area contributed by atoms with Gasteiger partial charge in [0.25, 0.3) is 0 Å². The lowest BCUT2D eigenvalue weighted by Crippen LogP contribution is -2.15. The summed E-state index contributed by atoms with van der Waals surface area (Å²) in [5, 5.41) is 11.8. The first-order valence-electron chi connectivity index (χ1n) is 8.40. The molecule has 0 saturated carbocycles. The van der Waals surface area contributed by atoms with Gasteiger partial charge in [0.15, 0.2) is 15.0 Å². The number of nitrogens with one attached hydrogen (secondary N) is 1. The number of amides is 1. The molecule has 7 nitrogen and oxygen atoms in total. The van der Waals surface area contributed by atoms with Crippen LogP contribution in [0.4, 0.5) is 5.69 Å². The van der Waals surface area contributed by atoms with E-state index in [0.717, 1.165) is 11.8 Å². The van der Waals surface area contributed by atoms with Gasteiger partial charge in [-0.25, -0.2) is 8.42 Å². The van der Waals surface area contributed by atoms with Gasteiger partial charge in [0.1, 0.15) is 11.6 Å². The maximum Gasteiger partial charge on any atom is 0.234 e. The van der Waals surface area contributed by atoms with Crippen molar-refractivity contribution in [3.63, 3.8) is 0 Å². The highest BCUT2D eigenvalue weighted by molar-refractivity contribution is 7.99. The lowest BCUT2D eigenvalue weighted by atomic mass is 10.3. The van der Waals surface area contributed by atoms with Gasteiger partial charge in [-0.2, -0.15) is 0 Å². The van der Waals surface area contributed by atoms with Crippen LogP contribution >= 0.6 is 46.6 Å². The average Bonchev–Trinajstić information content (AvgIpc) is 3.03. The number of sulfone groups is 1. The molecule has 158 valence electrons. The Morgan fingerprint density at radius 3 is 2.37 bits per heavy atom. The van der Waals surface area contributed by atoms with Gasteiger partial charge in [-0.1, -0.05) is 64.8 Å². The van der Waals surface area contributed by atoms with E-state index in [-0.39, 0.29) is 43.9 Å². The maximum atomic E-state index is 12.5. The number of anilines is 1. The molecule has 0 atom stereocenters. The van der Waals surface area contributed by atoms with Crippen LogP contribution in [0.15, 0.2) is 52.5 Å². The summed E-state index contributed by atoms with van der Waals surface area (Å²) < 4.78 is 26.6. The maximum absolute atomic E-state index is 12.5. The molecule has 3 aromatic rings. The third-order valence-corrected chi connectivity index (χ3v) is 7.41. The minimum absolute atomic E-state index is 0.00725. The van der Waals surface area contributed by atoms with E-state index in [1.807, 2.05) is 0 Å². The van der Waals surface area contributed by atoms with Crippen LogP contribution in [0.5, 0.6) is 0 Å². The molecular formula is C18H15Cl3N4O3S2. The van der Waals surface area contributed by atoms with Crippen molar-refractivity contribution in [3.05, 3.63) is 63.4 Å². The van der Waals surface area contributed by atoms with Crippen molar-refractivity contribution in [3.8, 4) is 0 Å². The molecule has 0 unspecified atom stereocenters. The smallest absolute Gasteiger partial charge is 0.234 e. The molecular weight excluding hydrogens is 491 g/mol. The second kappa shape index (κ2) is 9.57. The standard InChI is InChI=1S/C18H15Cl3N4O3S2/c1-25-15(10-30(27,28)12-5-3-2-4-6-12)23-24-18(25)29-9-16(26)22-17-13(20)7-11(19)8-14(17)21/h2-8H,9-10H2,1H3,(H,22,26). The molecule has 0 radical (unpaired) electrons. The summed E-state index contributed by atoms with van der Waals surface area (Å²) in [6.45, 7) is 0. The minimum Gasteiger partial charge on any atom is -0.323 e. The molecule has 3 rings (SSSR count). The van der Waals surface area contributed by atoms with E-state index in [4.69, 9.17) is 34.8 Å². The Morgan fingerprint density at radius 1 is 1.10 bits per heavy atom. The van der Waals surface area contributed by atoms with Crippen LogP contribution < -0.4 is 5.32 Å². The van der Waals surface area contributed by atoms with Gasteiger partial charge in [-0.3, -0.25) is 4.79 Å². The van der Waals surface area contributed by atoms with Crippen LogP contribution in [-0.2, 0) is 27.4 Å². The summed E-state index contributed by atoms with van der Waals surface area (Å²) in [6, 6.07) is 11.0. The second-order valence-corrected chi connectivity index (χ2v) is 10.3. The van der Waals surface area contributed by atoms with Crippen molar-refractivity contribution in [2.75, 3.05) is 11.1 Å². The highest BCUT2D eigenvalue weighted by atomic mass is 35.5. The van der Waals surface area contributed by atoms with E-state index >= 15 is 0 Å². The Bertz CT molecular complexity index is 1160. The van der Waals surface area contributed by atoms with Crippen molar-refractivity contribution in [1.82, 2.24) is 14.8 Å². The molecule has 1 N–H and O–H groups in total. The number of benzene rings is 2. The summed E-state index contributed by atoms with van der Waals surface area (Å²) in [7, 11) is -1.92. The summed E-state index contributed by atoms with van der Waals surface area (Å²) >= 11 is 19.1. The van der Waals surface area contributed by atoms with E-state index in [1.165, 1.54) is 24.3 Å². The van der Waals surface area contributed by atoms with E-state index < -0.39 is 9.84 Å². The largest absolute Gasteiger partial charge is 0.323 e. The number of thioether (sulfide) groups is 1. The van der Waals surface area contributed by atoms with Gasteiger partial charge in [-0.05, 0) is 24.3 Å². The minimum atomic E-state index is -3.56. The quantitative estimate of drug-likeness (QED) is 0.476. The normalized spacial score (nSPS) is 11.5. The zero-order chi connectivity index (χ0) is 21.9. The number of rotatable bonds is 7. The topological polar surface area (TPSA) is 93.9 Å². The van der Waals surface area contributed by atoms with Crippen molar-refractivity contribution < 1.29 is 13.2 Å². The molecule has 30 heavy (non-hydrogen) atoms. The Morgan fingerprint density at radius 2 is 1.73 bits per heavy atom. The van der Waals surface area contributed by atoms with Crippen LogP contribution in [-0.4, -0.2) is 34.8 Å². The summed E-state index contributed by atoms with van der Waals surface area (Å²) in [6.07, 6.45) is 0. The van der Waals surface area contributed by atoms with Gasteiger partial charge >= 0.3 is 0 Å². The van der Waals surface area contributed by atoms with Crippen LogP contribution in [0.1, 0.15) is 5.82 Å². The monoisotopic (exact) mass is 504 g/mol. The first kappa shape index (κ1) is 22.9. The van der Waals surface area contributed by atoms with E-state index in [1.54, 1.807) is 29.8 Å². The SMILES string of the molecule is Cn1c(CS(=O)(=O)c2ccccc2)nnc1SCC(=O)Nc1c(Cl)cc(Cl)cc1Cl. The lowest BCUT2D eigenvalue weighted by molar-refractivity contribution is -0.113. The second-order valence-electron chi connectivity index (χ2n) is 6.11. The third kappa shape index (κ3) is 5.47. The number of hydrogen-bond donors (Lipinski definition) is 1. The molecule has 12 heteroatoms. The van der Waals surface area contributed by atoms with Crippen LogP contribution in [0.25, 0.3) is 0 Å². The molecule has 1 heterocycles. The summed E-state index contributed by atoms with van der Waals surface area (Å²) in [4.78, 5) is 12.5. The molecule has 1 aromatic heterocycles. The molecule has 0 aliphatic heterocycles. The average molecular weight is 506 g/mol. The third-order valence-electron chi connectivity index (χ3n) is 3.95. The van der Waals surface area contributed by atoms with Crippen LogP contribution in [0.3, 0.4) is 0 Å². The summed E-state index contributed by atoms with van der Waals surface area (Å²) in [5.41, 5.74) is 0.265. The fraction of sp³-hybridized carbons (Fsp3) is 0.167. The van der Waals surface area contributed by atoms with Gasteiger partial charge in [0, 0.05) is 12.1 Å². The first-order chi connectivity index (χ1) is 14.2. The van der Waals surface area contributed by atoms with E-state index in [2.05, 4.69) is 15.5 Å². The number of carbonyl (C=O) groups is 1. The van der Waals surface area contributed by atoms with E-state index in [0.29, 0.717) is 10.2 Å². The molecule has 0 aliphatic carbocycles. The number of carbonyl (C=O) groups excluding carboxylic acids is 1. The molecule has 0 spiro atoms. The van der Waals surface area contributed by atoms with Gasteiger partial charge in [0.05, 0.1) is 26.4 Å². The highest BCUT2D eigenvalue weighted by Crippen LogP contribution is 2.33. The van der Waals surface area contributed by atoms with Crippen molar-refractivity contribution in [2.45, 2.75) is 15.8 Å². The van der Waals surface area contributed by atoms with Crippen LogP contribution in [0.2, 0.25) is 15.1 Å². The number of nitrogens with zero attached hydrogens (tertiary/aromatic N) is 3. The summed E-state index contributed by atoms with van der Waals surface area (Å²) in [5.74, 6) is -0.409. The first-order valence-corrected chi connectivity index (χ1v) is 12.2. The Kier molecular flexibility index (Phi) is 7.30. The Hall–Kier alpha value is -1.78. The molecule has 0 fully saturated rings. The molecule has 2 aromatic carbocycles. The molecule has 0 aliphatic rings. The highest BCUT2D eigenvalue weighted by Gasteiger charge is 2.20. The predicted molar refractivity (Wildman–Crippen MR) is 119 cm³/mol. The predicted octanol–water partition coefficient (Wildman–Crippen LogP) is 4.48. The number of aromatic nitrogens is 3. The zero-order valence-corrected chi connectivity index (χ0v) is 19.4. The van der Waals surface area contributed by atoms with Crippen molar-refractivity contribution in [1.29, 1.82) is 0 Å². The van der Waals surface area contributed by atoms with Gasteiger partial charge < -0.3 is 9.88 Å². The number of halogens is 3. The Labute approximate surface area is 192 Å². The van der Waals surface area contributed by atoms with E-state index in [9.17, 15) is 13.2 Å². The fourth-order valence-corrected chi connectivity index (χ4v) is 5.42. The van der Waals surface area contributed by atoms with Crippen LogP contribution in [0, 0.1) is 0 Å². The van der Waals surface area contributed by atoms with Gasteiger partial charge in [-0.15, -0.1) is 10.2 Å². The Balaban J connectivity index is 1.65. The lowest BCUT2D eigenvalue weighted by Gasteiger charge is -2.09. The molecule has 0 bridgehead atoms. The van der Waals surface area contributed by atoms with Gasteiger partial charge in [0.2, 0.25) is 5.91 Å². The zero-order valence-electron chi connectivity index (χ0n) is 15.5. The van der Waals surface area contributed by atoms with Crippen molar-refractivity contribution in [2.24, 2.45) is 7.05 Å². The number of hydrogen-bond acceptors (Lipinski definition) is 6. The molecule has 1 amide bonds. The molecule has 0 saturated heterocycles. The fourth-order valence-electron chi connectivity index (χ4n) is 2.44.